The van der Waals surface area contributed by atoms with Gasteiger partial charge in [0.15, 0.2) is 0 Å². The van der Waals surface area contributed by atoms with Gasteiger partial charge in [-0.3, -0.25) is 9.69 Å². The zero-order chi connectivity index (χ0) is 9.97. The molecule has 1 aromatic rings. The minimum Gasteiger partial charge on any atom is -0.315 e. The van der Waals surface area contributed by atoms with Crippen molar-refractivity contribution < 1.29 is 4.79 Å². The van der Waals surface area contributed by atoms with Gasteiger partial charge in [-0.25, -0.2) is 0 Å². The van der Waals surface area contributed by atoms with Crippen molar-refractivity contribution in [3.8, 4) is 0 Å². The highest BCUT2D eigenvalue weighted by molar-refractivity contribution is 5.80. The number of nitrogens with zero attached hydrogens (tertiary/aromatic N) is 4. The summed E-state index contributed by atoms with van der Waals surface area (Å²) in [5, 5.41) is 7.84. The van der Waals surface area contributed by atoms with E-state index in [2.05, 4.69) is 15.1 Å². The predicted octanol–water partition coefficient (Wildman–Crippen LogP) is 0.0728. The van der Waals surface area contributed by atoms with Crippen LogP contribution in [0.4, 0.5) is 0 Å². The molecule has 0 bridgehead atoms. The van der Waals surface area contributed by atoms with Gasteiger partial charge < -0.3 is 4.57 Å². The molecule has 14 heavy (non-hydrogen) atoms. The predicted molar refractivity (Wildman–Crippen MR) is 50.6 cm³/mol. The van der Waals surface area contributed by atoms with Crippen LogP contribution in [0.15, 0.2) is 6.33 Å². The molecule has 0 aromatic carbocycles. The molecule has 0 fully saturated rings. The first-order valence-electron chi connectivity index (χ1n) is 4.90. The second kappa shape index (κ2) is 3.88. The lowest BCUT2D eigenvalue weighted by Crippen LogP contribution is -2.37. The lowest BCUT2D eigenvalue weighted by Gasteiger charge is -2.25. The first kappa shape index (κ1) is 9.33. The summed E-state index contributed by atoms with van der Waals surface area (Å²) in [5.41, 5.74) is 0. The number of hydrogen-bond acceptors (Lipinski definition) is 4. The molecule has 0 N–H and O–H groups in total. The van der Waals surface area contributed by atoms with E-state index in [-0.39, 0.29) is 5.78 Å². The van der Waals surface area contributed by atoms with E-state index in [9.17, 15) is 4.79 Å². The van der Waals surface area contributed by atoms with E-state index in [0.29, 0.717) is 13.0 Å². The largest absolute Gasteiger partial charge is 0.315 e. The summed E-state index contributed by atoms with van der Waals surface area (Å²) in [4.78, 5) is 13.4. The zero-order valence-electron chi connectivity index (χ0n) is 8.31. The molecular weight excluding hydrogens is 180 g/mol. The van der Waals surface area contributed by atoms with Crippen molar-refractivity contribution in [1.29, 1.82) is 0 Å². The second-order valence-electron chi connectivity index (χ2n) is 3.54. The first-order valence-corrected chi connectivity index (χ1v) is 4.90. The lowest BCUT2D eigenvalue weighted by molar-refractivity contribution is -0.120. The highest BCUT2D eigenvalue weighted by atomic mass is 16.1. The molecule has 0 saturated heterocycles. The Labute approximate surface area is 82.7 Å². The number of ketones is 1. The second-order valence-corrected chi connectivity index (χ2v) is 3.54. The SMILES string of the molecule is CCC(=O)CN1CCn2cnnc2C1. The molecule has 76 valence electrons. The Morgan fingerprint density at radius 1 is 1.57 bits per heavy atom. The molecule has 0 unspecified atom stereocenters. The molecule has 0 aliphatic carbocycles. The van der Waals surface area contributed by atoms with Crippen LogP contribution in [-0.4, -0.2) is 38.5 Å². The zero-order valence-corrected chi connectivity index (χ0v) is 8.31. The van der Waals surface area contributed by atoms with Gasteiger partial charge in [0.1, 0.15) is 17.9 Å². The van der Waals surface area contributed by atoms with E-state index in [0.717, 1.165) is 25.5 Å². The van der Waals surface area contributed by atoms with Gasteiger partial charge in [0.25, 0.3) is 0 Å². The third-order valence-electron chi connectivity index (χ3n) is 2.51. The van der Waals surface area contributed by atoms with Gasteiger partial charge in [-0.05, 0) is 0 Å². The van der Waals surface area contributed by atoms with Crippen LogP contribution in [0.2, 0.25) is 0 Å². The molecule has 0 spiro atoms. The van der Waals surface area contributed by atoms with Gasteiger partial charge in [-0.1, -0.05) is 6.92 Å². The maximum absolute atomic E-state index is 11.2. The number of Topliss-reactive ketones (excluding diaryl/α,β-unsaturated/α-hetero) is 1. The summed E-state index contributed by atoms with van der Waals surface area (Å²) in [6, 6.07) is 0. The molecule has 1 aliphatic heterocycles. The standard InChI is InChI=1S/C9H14N4O/c1-2-8(14)5-12-3-4-13-7-10-11-9(13)6-12/h7H,2-6H2,1H3. The van der Waals surface area contributed by atoms with Gasteiger partial charge in [0.2, 0.25) is 0 Å². The van der Waals surface area contributed by atoms with Crippen molar-refractivity contribution in [2.45, 2.75) is 26.4 Å². The normalized spacial score (nSPS) is 16.6. The van der Waals surface area contributed by atoms with Gasteiger partial charge in [-0.2, -0.15) is 0 Å². The van der Waals surface area contributed by atoms with Crippen molar-refractivity contribution in [3.05, 3.63) is 12.2 Å². The van der Waals surface area contributed by atoms with Crippen molar-refractivity contribution in [3.63, 3.8) is 0 Å². The van der Waals surface area contributed by atoms with Crippen LogP contribution in [0, 0.1) is 0 Å². The highest BCUT2D eigenvalue weighted by Crippen LogP contribution is 2.08. The van der Waals surface area contributed by atoms with E-state index < -0.39 is 0 Å². The molecule has 0 amide bonds. The van der Waals surface area contributed by atoms with Crippen molar-refractivity contribution in [2.24, 2.45) is 0 Å². The number of carbonyl (C=O) groups is 1. The molecule has 1 aromatic heterocycles. The maximum atomic E-state index is 11.2. The van der Waals surface area contributed by atoms with E-state index in [1.807, 2.05) is 11.5 Å². The van der Waals surface area contributed by atoms with Gasteiger partial charge in [0.05, 0.1) is 13.1 Å². The molecule has 5 heteroatoms. The van der Waals surface area contributed by atoms with E-state index >= 15 is 0 Å². The molecule has 0 saturated carbocycles. The minimum absolute atomic E-state index is 0.290. The van der Waals surface area contributed by atoms with Crippen LogP contribution in [0.25, 0.3) is 0 Å². The van der Waals surface area contributed by atoms with Crippen LogP contribution in [0.5, 0.6) is 0 Å². The number of rotatable bonds is 3. The Morgan fingerprint density at radius 3 is 3.21 bits per heavy atom. The van der Waals surface area contributed by atoms with Crippen molar-refractivity contribution in [2.75, 3.05) is 13.1 Å². The summed E-state index contributed by atoms with van der Waals surface area (Å²) in [7, 11) is 0. The number of aromatic nitrogens is 3. The van der Waals surface area contributed by atoms with Crippen LogP contribution >= 0.6 is 0 Å². The maximum Gasteiger partial charge on any atom is 0.147 e. The Hall–Kier alpha value is -1.23. The topological polar surface area (TPSA) is 51.0 Å². The third kappa shape index (κ3) is 1.82. The van der Waals surface area contributed by atoms with E-state index in [1.165, 1.54) is 0 Å². The molecule has 5 nitrogen and oxygen atoms in total. The molecular formula is C9H14N4O. The summed E-state index contributed by atoms with van der Waals surface area (Å²) in [6.07, 6.45) is 2.36. The average molecular weight is 194 g/mol. The Kier molecular flexibility index (Phi) is 2.58. The van der Waals surface area contributed by atoms with Crippen LogP contribution in [0.3, 0.4) is 0 Å². The number of hydrogen-bond donors (Lipinski definition) is 0. The molecule has 2 rings (SSSR count). The van der Waals surface area contributed by atoms with Crippen LogP contribution < -0.4 is 0 Å². The Bertz CT molecular complexity index is 333. The minimum atomic E-state index is 0.290. The van der Waals surface area contributed by atoms with E-state index in [4.69, 9.17) is 0 Å². The molecule has 0 atom stereocenters. The number of carbonyl (C=O) groups excluding carboxylic acids is 1. The van der Waals surface area contributed by atoms with Crippen molar-refractivity contribution in [1.82, 2.24) is 19.7 Å². The summed E-state index contributed by atoms with van der Waals surface area (Å²) in [6.45, 7) is 4.99. The first-order chi connectivity index (χ1) is 6.79. The summed E-state index contributed by atoms with van der Waals surface area (Å²) >= 11 is 0. The van der Waals surface area contributed by atoms with Crippen molar-refractivity contribution >= 4 is 5.78 Å². The third-order valence-corrected chi connectivity index (χ3v) is 2.51. The van der Waals surface area contributed by atoms with E-state index in [1.54, 1.807) is 6.33 Å². The van der Waals surface area contributed by atoms with Crippen LogP contribution in [-0.2, 0) is 17.9 Å². The van der Waals surface area contributed by atoms with Crippen LogP contribution in [0.1, 0.15) is 19.2 Å². The summed E-state index contributed by atoms with van der Waals surface area (Å²) < 4.78 is 2.03. The van der Waals surface area contributed by atoms with Gasteiger partial charge in [0, 0.05) is 19.5 Å². The summed E-state index contributed by atoms with van der Waals surface area (Å²) in [5.74, 6) is 1.25. The highest BCUT2D eigenvalue weighted by Gasteiger charge is 2.18. The van der Waals surface area contributed by atoms with Gasteiger partial charge in [-0.15, -0.1) is 10.2 Å². The average Bonchev–Trinajstić information content (AvgIpc) is 2.64. The Morgan fingerprint density at radius 2 is 2.43 bits per heavy atom. The molecule has 1 aliphatic rings. The lowest BCUT2D eigenvalue weighted by atomic mass is 10.2. The Balaban J connectivity index is 1.97. The smallest absolute Gasteiger partial charge is 0.147 e. The molecule has 2 heterocycles. The fraction of sp³-hybridized carbons (Fsp3) is 0.667. The molecule has 0 radical (unpaired) electrons. The van der Waals surface area contributed by atoms with Gasteiger partial charge >= 0.3 is 0 Å². The fourth-order valence-electron chi connectivity index (χ4n) is 1.61. The number of fused-ring (bicyclic) bond motifs is 1. The quantitative estimate of drug-likeness (QED) is 0.683. The monoisotopic (exact) mass is 194 g/mol. The fourth-order valence-corrected chi connectivity index (χ4v) is 1.61.